The summed E-state index contributed by atoms with van der Waals surface area (Å²) in [5, 5.41) is 0.407. The third kappa shape index (κ3) is 4.42. The highest BCUT2D eigenvalue weighted by molar-refractivity contribution is 7.91. The van der Waals surface area contributed by atoms with Crippen molar-refractivity contribution >= 4 is 27.2 Å². The number of ketones is 1. The SMILES string of the molecule is CC(C)(C)C(=O)CS(=O)(=O)Cc1ccccc1Cl. The maximum Gasteiger partial charge on any atom is 0.161 e. The van der Waals surface area contributed by atoms with Crippen molar-refractivity contribution in [3.63, 3.8) is 0 Å². The van der Waals surface area contributed by atoms with Crippen molar-refractivity contribution in [2.45, 2.75) is 26.5 Å². The molecule has 0 spiro atoms. The van der Waals surface area contributed by atoms with Crippen molar-refractivity contribution in [2.24, 2.45) is 5.41 Å². The lowest BCUT2D eigenvalue weighted by atomic mass is 9.92. The number of sulfone groups is 1. The van der Waals surface area contributed by atoms with Gasteiger partial charge in [0.1, 0.15) is 5.75 Å². The van der Waals surface area contributed by atoms with Crippen LogP contribution in [0.25, 0.3) is 0 Å². The first kappa shape index (κ1) is 15.2. The van der Waals surface area contributed by atoms with E-state index in [9.17, 15) is 13.2 Å². The van der Waals surface area contributed by atoms with Crippen LogP contribution in [-0.2, 0) is 20.4 Å². The van der Waals surface area contributed by atoms with Gasteiger partial charge in [0.2, 0.25) is 0 Å². The summed E-state index contributed by atoms with van der Waals surface area (Å²) in [6.45, 7) is 5.13. The Labute approximate surface area is 113 Å². The van der Waals surface area contributed by atoms with Crippen molar-refractivity contribution in [2.75, 3.05) is 5.75 Å². The highest BCUT2D eigenvalue weighted by Crippen LogP contribution is 2.20. The molecule has 0 heterocycles. The number of benzene rings is 1. The summed E-state index contributed by atoms with van der Waals surface area (Å²) < 4.78 is 23.9. The molecular weight excluding hydrogens is 272 g/mol. The summed E-state index contributed by atoms with van der Waals surface area (Å²) in [7, 11) is -3.47. The van der Waals surface area contributed by atoms with Crippen LogP contribution in [0.5, 0.6) is 0 Å². The van der Waals surface area contributed by atoms with E-state index in [2.05, 4.69) is 0 Å². The molecule has 0 saturated carbocycles. The molecule has 0 radical (unpaired) electrons. The number of Topliss-reactive ketones (excluding diaryl/α,β-unsaturated/α-hetero) is 1. The number of carbonyl (C=O) groups excluding carboxylic acids is 1. The fraction of sp³-hybridized carbons (Fsp3) is 0.462. The minimum atomic E-state index is -3.47. The van der Waals surface area contributed by atoms with Gasteiger partial charge in [-0.25, -0.2) is 8.42 Å². The molecule has 0 aliphatic carbocycles. The van der Waals surface area contributed by atoms with Crippen LogP contribution < -0.4 is 0 Å². The number of halogens is 1. The molecule has 0 unspecified atom stereocenters. The smallest absolute Gasteiger partial charge is 0.161 e. The molecule has 0 amide bonds. The van der Waals surface area contributed by atoms with Crippen molar-refractivity contribution in [3.05, 3.63) is 34.9 Å². The first-order valence-corrected chi connectivity index (χ1v) is 7.79. The lowest BCUT2D eigenvalue weighted by Crippen LogP contribution is -2.28. The van der Waals surface area contributed by atoms with Crippen LogP contribution in [0.2, 0.25) is 5.02 Å². The molecule has 3 nitrogen and oxygen atoms in total. The van der Waals surface area contributed by atoms with Crippen LogP contribution in [0.1, 0.15) is 26.3 Å². The van der Waals surface area contributed by atoms with Crippen molar-refractivity contribution in [1.82, 2.24) is 0 Å². The minimum absolute atomic E-state index is 0.200. The van der Waals surface area contributed by atoms with E-state index in [1.165, 1.54) is 0 Å². The van der Waals surface area contributed by atoms with E-state index in [1.807, 2.05) is 0 Å². The Hall–Kier alpha value is -0.870. The number of rotatable bonds is 4. The molecule has 0 atom stereocenters. The molecule has 1 rings (SSSR count). The van der Waals surface area contributed by atoms with E-state index in [0.717, 1.165) is 0 Å². The molecule has 0 aromatic heterocycles. The molecule has 0 aliphatic heterocycles. The van der Waals surface area contributed by atoms with Gasteiger partial charge >= 0.3 is 0 Å². The predicted molar refractivity (Wildman–Crippen MR) is 73.4 cm³/mol. The Morgan fingerprint density at radius 1 is 1.22 bits per heavy atom. The van der Waals surface area contributed by atoms with Gasteiger partial charge in [-0.05, 0) is 11.6 Å². The Kier molecular flexibility index (Phi) is 4.56. The summed E-state index contributed by atoms with van der Waals surface area (Å²) in [4.78, 5) is 11.7. The summed E-state index contributed by atoms with van der Waals surface area (Å²) >= 11 is 5.91. The lowest BCUT2D eigenvalue weighted by molar-refractivity contribution is -0.123. The molecule has 1 aromatic carbocycles. The van der Waals surface area contributed by atoms with E-state index < -0.39 is 21.0 Å². The highest BCUT2D eigenvalue weighted by atomic mass is 35.5. The Balaban J connectivity index is 2.85. The van der Waals surface area contributed by atoms with Crippen molar-refractivity contribution < 1.29 is 13.2 Å². The summed E-state index contributed by atoms with van der Waals surface area (Å²) in [6.07, 6.45) is 0. The van der Waals surface area contributed by atoms with Crippen LogP contribution in [0.3, 0.4) is 0 Å². The minimum Gasteiger partial charge on any atom is -0.298 e. The molecule has 18 heavy (non-hydrogen) atoms. The summed E-state index contributed by atoms with van der Waals surface area (Å²) in [5.41, 5.74) is -0.117. The summed E-state index contributed by atoms with van der Waals surface area (Å²) in [6, 6.07) is 6.75. The molecule has 0 fully saturated rings. The third-order valence-corrected chi connectivity index (χ3v) is 4.34. The second-order valence-electron chi connectivity index (χ2n) is 5.30. The first-order chi connectivity index (χ1) is 8.12. The second kappa shape index (κ2) is 5.41. The van der Waals surface area contributed by atoms with Gasteiger partial charge in [0.25, 0.3) is 0 Å². The van der Waals surface area contributed by atoms with Gasteiger partial charge in [-0.2, -0.15) is 0 Å². The van der Waals surface area contributed by atoms with Crippen LogP contribution in [0.15, 0.2) is 24.3 Å². The molecule has 5 heteroatoms. The van der Waals surface area contributed by atoms with Crippen LogP contribution in [-0.4, -0.2) is 20.0 Å². The normalized spacial score (nSPS) is 12.4. The lowest BCUT2D eigenvalue weighted by Gasteiger charge is -2.16. The predicted octanol–water partition coefficient (Wildman–Crippen LogP) is 2.87. The molecule has 0 N–H and O–H groups in total. The van der Waals surface area contributed by atoms with Crippen LogP contribution in [0.4, 0.5) is 0 Å². The van der Waals surface area contributed by atoms with Crippen molar-refractivity contribution in [1.29, 1.82) is 0 Å². The van der Waals surface area contributed by atoms with Crippen molar-refractivity contribution in [3.8, 4) is 0 Å². The van der Waals surface area contributed by atoms with Gasteiger partial charge in [-0.3, -0.25) is 4.79 Å². The average molecular weight is 289 g/mol. The van der Waals surface area contributed by atoms with Gasteiger partial charge in [0.05, 0.1) is 5.75 Å². The Bertz CT molecular complexity index is 542. The van der Waals surface area contributed by atoms with E-state index in [-0.39, 0.29) is 11.5 Å². The molecule has 0 saturated heterocycles. The standard InChI is InChI=1S/C13H17ClO3S/c1-13(2,3)12(15)9-18(16,17)8-10-6-4-5-7-11(10)14/h4-7H,8-9H2,1-3H3. The van der Waals surface area contributed by atoms with E-state index in [4.69, 9.17) is 11.6 Å². The molecule has 100 valence electrons. The maximum atomic E-state index is 11.9. The third-order valence-electron chi connectivity index (χ3n) is 2.52. The summed E-state index contributed by atoms with van der Waals surface area (Å²) in [5.74, 6) is -0.925. The highest BCUT2D eigenvalue weighted by Gasteiger charge is 2.27. The molecular formula is C13H17ClO3S. The number of carbonyl (C=O) groups is 1. The second-order valence-corrected chi connectivity index (χ2v) is 7.77. The van der Waals surface area contributed by atoms with Gasteiger partial charge < -0.3 is 0 Å². The first-order valence-electron chi connectivity index (χ1n) is 5.59. The zero-order valence-corrected chi connectivity index (χ0v) is 12.3. The number of hydrogen-bond donors (Lipinski definition) is 0. The Morgan fingerprint density at radius 2 is 1.78 bits per heavy atom. The largest absolute Gasteiger partial charge is 0.298 e. The van der Waals surface area contributed by atoms with E-state index in [0.29, 0.717) is 10.6 Å². The molecule has 0 aliphatic rings. The van der Waals surface area contributed by atoms with Gasteiger partial charge in [-0.1, -0.05) is 50.6 Å². The quantitative estimate of drug-likeness (QED) is 0.856. The zero-order chi connectivity index (χ0) is 14.0. The topological polar surface area (TPSA) is 51.2 Å². The van der Waals surface area contributed by atoms with Gasteiger partial charge in [-0.15, -0.1) is 0 Å². The zero-order valence-electron chi connectivity index (χ0n) is 10.7. The Morgan fingerprint density at radius 3 is 2.28 bits per heavy atom. The maximum absolute atomic E-state index is 11.9. The molecule has 0 bridgehead atoms. The fourth-order valence-corrected chi connectivity index (χ4v) is 3.26. The van der Waals surface area contributed by atoms with Crippen LogP contribution >= 0.6 is 11.6 Å². The van der Waals surface area contributed by atoms with Crippen LogP contribution in [0, 0.1) is 5.41 Å². The number of hydrogen-bond acceptors (Lipinski definition) is 3. The molecule has 1 aromatic rings. The fourth-order valence-electron chi connectivity index (χ4n) is 1.32. The van der Waals surface area contributed by atoms with E-state index in [1.54, 1.807) is 45.0 Å². The van der Waals surface area contributed by atoms with E-state index >= 15 is 0 Å². The van der Waals surface area contributed by atoms with Gasteiger partial charge in [0.15, 0.2) is 15.6 Å². The average Bonchev–Trinajstić information content (AvgIpc) is 2.19. The monoisotopic (exact) mass is 288 g/mol. The van der Waals surface area contributed by atoms with Gasteiger partial charge in [0, 0.05) is 10.4 Å².